The van der Waals surface area contributed by atoms with Crippen molar-refractivity contribution in [1.82, 2.24) is 0 Å². The molecule has 3 heteroatoms. The molecule has 1 aliphatic heterocycles. The first-order valence-corrected chi connectivity index (χ1v) is 5.93. The second kappa shape index (κ2) is 4.32. The highest BCUT2D eigenvalue weighted by atomic mass is 16.4. The molecule has 1 aliphatic rings. The summed E-state index contributed by atoms with van der Waals surface area (Å²) in [6.45, 7) is 8.14. The normalized spacial score (nSPS) is 25.8. The predicted octanol–water partition coefficient (Wildman–Crippen LogP) is 2.96. The number of hydrogen-bond donors (Lipinski definition) is 0. The Kier molecular flexibility index (Phi) is 3.03. The maximum Gasteiger partial charge on any atom is 0.196 e. The van der Waals surface area contributed by atoms with E-state index in [0.29, 0.717) is 11.7 Å². The van der Waals surface area contributed by atoms with E-state index in [4.69, 9.17) is 4.42 Å². The maximum atomic E-state index is 11.1. The summed E-state index contributed by atoms with van der Waals surface area (Å²) in [5.74, 6) is 2.74. The summed E-state index contributed by atoms with van der Waals surface area (Å²) < 4.78 is 5.54. The van der Waals surface area contributed by atoms with Gasteiger partial charge < -0.3 is 9.32 Å². The van der Waals surface area contributed by atoms with Gasteiger partial charge in [-0.25, -0.2) is 0 Å². The number of ketones is 1. The van der Waals surface area contributed by atoms with Gasteiger partial charge >= 0.3 is 0 Å². The molecule has 1 saturated heterocycles. The van der Waals surface area contributed by atoms with Crippen LogP contribution in [0.5, 0.6) is 0 Å². The van der Waals surface area contributed by atoms with Gasteiger partial charge in [-0.2, -0.15) is 0 Å². The predicted molar refractivity (Wildman–Crippen MR) is 63.9 cm³/mol. The van der Waals surface area contributed by atoms with Crippen LogP contribution in [0, 0.1) is 11.8 Å². The summed E-state index contributed by atoms with van der Waals surface area (Å²) in [7, 11) is 0. The summed E-state index contributed by atoms with van der Waals surface area (Å²) in [5, 5.41) is 0. The van der Waals surface area contributed by atoms with E-state index in [0.717, 1.165) is 24.9 Å². The minimum absolute atomic E-state index is 0.00956. The van der Waals surface area contributed by atoms with E-state index in [2.05, 4.69) is 18.7 Å². The van der Waals surface area contributed by atoms with Crippen LogP contribution in [0.2, 0.25) is 0 Å². The van der Waals surface area contributed by atoms with E-state index in [1.807, 2.05) is 6.07 Å². The first-order valence-electron chi connectivity index (χ1n) is 5.93. The average Bonchev–Trinajstić information content (AvgIpc) is 2.71. The van der Waals surface area contributed by atoms with Gasteiger partial charge in [0.15, 0.2) is 17.4 Å². The maximum absolute atomic E-state index is 11.1. The number of piperidine rings is 1. The van der Waals surface area contributed by atoms with Crippen molar-refractivity contribution in [1.29, 1.82) is 0 Å². The van der Waals surface area contributed by atoms with Crippen LogP contribution in [0.15, 0.2) is 16.5 Å². The lowest BCUT2D eigenvalue weighted by Crippen LogP contribution is -2.38. The number of Topliss-reactive ketones (excluding diaryl/α,β-unsaturated/α-hetero) is 1. The number of carbonyl (C=O) groups is 1. The van der Waals surface area contributed by atoms with Gasteiger partial charge in [-0.15, -0.1) is 0 Å². The van der Waals surface area contributed by atoms with Crippen LogP contribution >= 0.6 is 0 Å². The molecule has 0 radical (unpaired) electrons. The third kappa shape index (κ3) is 2.13. The Balaban J connectivity index is 2.09. The van der Waals surface area contributed by atoms with Crippen molar-refractivity contribution in [3.8, 4) is 0 Å². The third-order valence-electron chi connectivity index (χ3n) is 3.58. The fourth-order valence-corrected chi connectivity index (χ4v) is 2.15. The molecule has 0 bridgehead atoms. The molecule has 2 heterocycles. The number of carbonyl (C=O) groups excluding carboxylic acids is 1. The van der Waals surface area contributed by atoms with Gasteiger partial charge in [0.1, 0.15) is 0 Å². The molecule has 1 aromatic heterocycles. The fraction of sp³-hybridized carbons (Fsp3) is 0.615. The minimum atomic E-state index is -0.00956. The van der Waals surface area contributed by atoms with Gasteiger partial charge in [0.05, 0.1) is 0 Å². The van der Waals surface area contributed by atoms with E-state index < -0.39 is 0 Å². The van der Waals surface area contributed by atoms with Crippen LogP contribution in [0.25, 0.3) is 0 Å². The van der Waals surface area contributed by atoms with E-state index >= 15 is 0 Å². The lowest BCUT2D eigenvalue weighted by Gasteiger charge is -2.35. The van der Waals surface area contributed by atoms with Gasteiger partial charge in [0.2, 0.25) is 0 Å². The monoisotopic (exact) mass is 221 g/mol. The standard InChI is InChI=1S/C13H19NO2/c1-9-6-7-14(8-10(9)2)13-5-4-12(16-13)11(3)15/h4-5,9-10H,6-8H2,1-3H3. The molecule has 0 aliphatic carbocycles. The summed E-state index contributed by atoms with van der Waals surface area (Å²) >= 11 is 0. The molecule has 2 unspecified atom stereocenters. The Labute approximate surface area is 96.4 Å². The smallest absolute Gasteiger partial charge is 0.196 e. The van der Waals surface area contributed by atoms with Gasteiger partial charge in [-0.1, -0.05) is 13.8 Å². The van der Waals surface area contributed by atoms with Gasteiger partial charge in [0.25, 0.3) is 0 Å². The Bertz CT molecular complexity index is 383. The zero-order chi connectivity index (χ0) is 11.7. The molecule has 2 atom stereocenters. The Morgan fingerprint density at radius 2 is 2.12 bits per heavy atom. The second-order valence-electron chi connectivity index (χ2n) is 4.88. The Morgan fingerprint density at radius 3 is 2.69 bits per heavy atom. The van der Waals surface area contributed by atoms with Gasteiger partial charge in [-0.3, -0.25) is 4.79 Å². The molecule has 0 amide bonds. The molecule has 2 rings (SSSR count). The topological polar surface area (TPSA) is 33.5 Å². The van der Waals surface area contributed by atoms with Crippen molar-refractivity contribution in [2.75, 3.05) is 18.0 Å². The molecular weight excluding hydrogens is 202 g/mol. The lowest BCUT2D eigenvalue weighted by atomic mass is 9.89. The van der Waals surface area contributed by atoms with Crippen LogP contribution in [0.3, 0.4) is 0 Å². The Morgan fingerprint density at radius 1 is 1.38 bits per heavy atom. The molecule has 3 nitrogen and oxygen atoms in total. The van der Waals surface area contributed by atoms with Crippen LogP contribution in [0.1, 0.15) is 37.7 Å². The fourth-order valence-electron chi connectivity index (χ4n) is 2.15. The molecule has 88 valence electrons. The lowest BCUT2D eigenvalue weighted by molar-refractivity contribution is 0.0987. The minimum Gasteiger partial charge on any atom is -0.437 e. The van der Waals surface area contributed by atoms with Crippen molar-refractivity contribution < 1.29 is 9.21 Å². The molecule has 1 fully saturated rings. The number of furan rings is 1. The summed E-state index contributed by atoms with van der Waals surface area (Å²) in [6.07, 6.45) is 1.19. The largest absolute Gasteiger partial charge is 0.437 e. The van der Waals surface area contributed by atoms with E-state index in [-0.39, 0.29) is 5.78 Å². The van der Waals surface area contributed by atoms with Crippen LogP contribution in [0.4, 0.5) is 5.88 Å². The number of rotatable bonds is 2. The van der Waals surface area contributed by atoms with Crippen LogP contribution < -0.4 is 4.90 Å². The molecule has 0 spiro atoms. The van der Waals surface area contributed by atoms with E-state index in [1.54, 1.807) is 6.07 Å². The SMILES string of the molecule is CC(=O)c1ccc(N2CCC(C)C(C)C2)o1. The summed E-state index contributed by atoms with van der Waals surface area (Å²) in [4.78, 5) is 13.4. The van der Waals surface area contributed by atoms with Crippen molar-refractivity contribution in [3.05, 3.63) is 17.9 Å². The first kappa shape index (κ1) is 11.2. The number of hydrogen-bond acceptors (Lipinski definition) is 3. The van der Waals surface area contributed by atoms with Crippen molar-refractivity contribution in [3.63, 3.8) is 0 Å². The van der Waals surface area contributed by atoms with Crippen LogP contribution in [-0.4, -0.2) is 18.9 Å². The average molecular weight is 221 g/mol. The molecular formula is C13H19NO2. The van der Waals surface area contributed by atoms with Crippen molar-refractivity contribution in [2.24, 2.45) is 11.8 Å². The van der Waals surface area contributed by atoms with E-state index in [9.17, 15) is 4.79 Å². The quantitative estimate of drug-likeness (QED) is 0.720. The highest BCUT2D eigenvalue weighted by Gasteiger charge is 2.24. The zero-order valence-electron chi connectivity index (χ0n) is 10.2. The van der Waals surface area contributed by atoms with E-state index in [1.165, 1.54) is 13.3 Å². The van der Waals surface area contributed by atoms with Gasteiger partial charge in [-0.05, 0) is 24.3 Å². The van der Waals surface area contributed by atoms with Crippen molar-refractivity contribution in [2.45, 2.75) is 27.2 Å². The molecule has 0 aromatic carbocycles. The second-order valence-corrected chi connectivity index (χ2v) is 4.88. The molecule has 16 heavy (non-hydrogen) atoms. The molecule has 1 aromatic rings. The zero-order valence-corrected chi connectivity index (χ0v) is 10.2. The first-order chi connectivity index (χ1) is 7.58. The van der Waals surface area contributed by atoms with Gasteiger partial charge in [0, 0.05) is 26.1 Å². The molecule has 0 N–H and O–H groups in total. The number of anilines is 1. The highest BCUT2D eigenvalue weighted by molar-refractivity contribution is 5.91. The highest BCUT2D eigenvalue weighted by Crippen LogP contribution is 2.28. The van der Waals surface area contributed by atoms with Crippen molar-refractivity contribution >= 4 is 11.7 Å². The third-order valence-corrected chi connectivity index (χ3v) is 3.58. The summed E-state index contributed by atoms with van der Waals surface area (Å²) in [5.41, 5.74) is 0. The molecule has 0 saturated carbocycles. The van der Waals surface area contributed by atoms with Crippen LogP contribution in [-0.2, 0) is 0 Å². The number of nitrogens with zero attached hydrogens (tertiary/aromatic N) is 1. The summed E-state index contributed by atoms with van der Waals surface area (Å²) in [6, 6.07) is 3.67. The Hall–Kier alpha value is -1.25.